The molecule has 0 saturated heterocycles. The Hall–Kier alpha value is -1.19. The van der Waals surface area contributed by atoms with Crippen molar-refractivity contribution in [3.8, 4) is 0 Å². The molecule has 0 aromatic rings. The van der Waals surface area contributed by atoms with E-state index in [0.29, 0.717) is 18.7 Å². The Bertz CT molecular complexity index is 153. The van der Waals surface area contributed by atoms with Crippen molar-refractivity contribution in [1.82, 2.24) is 5.32 Å². The first kappa shape index (κ1) is 8.81. The maximum Gasteiger partial charge on any atom is 0.246 e. The molecule has 0 heterocycles. The topological polar surface area (TPSA) is 65.3 Å². The van der Waals surface area contributed by atoms with Gasteiger partial charge in [0.15, 0.2) is 0 Å². The second-order valence-corrected chi connectivity index (χ2v) is 1.92. The number of carbonyl (C=O) groups excluding carboxylic acids is 1. The summed E-state index contributed by atoms with van der Waals surface area (Å²) < 4.78 is 0. The number of rotatable bonds is 4. The minimum Gasteiger partial charge on any atom is -0.350 e. The van der Waals surface area contributed by atoms with Gasteiger partial charge in [-0.05, 0) is 6.92 Å². The summed E-state index contributed by atoms with van der Waals surface area (Å²) in [6, 6.07) is 0. The van der Waals surface area contributed by atoms with Crippen molar-refractivity contribution in [2.45, 2.75) is 6.92 Å². The minimum atomic E-state index is -0.177. The molecular weight excluding hydrogens is 130 g/mol. The Balaban J connectivity index is 3.40. The summed E-state index contributed by atoms with van der Waals surface area (Å²) in [7, 11) is 0. The van der Waals surface area contributed by atoms with E-state index in [1.807, 2.05) is 0 Å². The second-order valence-electron chi connectivity index (χ2n) is 1.92. The zero-order valence-electron chi connectivity index (χ0n) is 5.98. The number of amides is 1. The monoisotopic (exact) mass is 141 g/mol. The molecule has 0 aliphatic rings. The first-order valence-corrected chi connectivity index (χ1v) is 2.95. The van der Waals surface area contributed by atoms with Crippen molar-refractivity contribution < 1.29 is 4.79 Å². The summed E-state index contributed by atoms with van der Waals surface area (Å²) in [6.45, 7) is 5.82. The van der Waals surface area contributed by atoms with Gasteiger partial charge in [-0.15, -0.1) is 0 Å². The molecule has 56 valence electrons. The Morgan fingerprint density at radius 1 is 1.80 bits per heavy atom. The van der Waals surface area contributed by atoms with Crippen LogP contribution in [0.15, 0.2) is 17.3 Å². The molecule has 0 saturated carbocycles. The quantitative estimate of drug-likeness (QED) is 0.338. The molecule has 0 radical (unpaired) electrons. The van der Waals surface area contributed by atoms with Crippen molar-refractivity contribution in [3.05, 3.63) is 12.2 Å². The van der Waals surface area contributed by atoms with Crippen molar-refractivity contribution in [2.75, 3.05) is 13.1 Å². The summed E-state index contributed by atoms with van der Waals surface area (Å²) in [4.78, 5) is 10.7. The van der Waals surface area contributed by atoms with E-state index in [1.54, 1.807) is 6.92 Å². The molecule has 0 aromatic carbocycles. The molecule has 10 heavy (non-hydrogen) atoms. The van der Waals surface area contributed by atoms with Crippen molar-refractivity contribution >= 4 is 5.91 Å². The van der Waals surface area contributed by atoms with Gasteiger partial charge in [0.1, 0.15) is 0 Å². The fourth-order valence-electron chi connectivity index (χ4n) is 0.376. The van der Waals surface area contributed by atoms with Crippen LogP contribution in [0.4, 0.5) is 0 Å². The Morgan fingerprint density at radius 3 is 2.80 bits per heavy atom. The lowest BCUT2D eigenvalue weighted by molar-refractivity contribution is -0.117. The summed E-state index contributed by atoms with van der Waals surface area (Å²) in [5, 5.41) is 5.60. The van der Waals surface area contributed by atoms with Gasteiger partial charge in [-0.1, -0.05) is 6.58 Å². The molecule has 4 nitrogen and oxygen atoms in total. The minimum absolute atomic E-state index is 0.177. The standard InChI is InChI=1S/C6H11N3O/c1-5(2)6(10)8-3-4-9-7/h7H,1,3-4H2,2H3,(H,8,10). The molecule has 0 unspecified atom stereocenters. The van der Waals surface area contributed by atoms with Crippen LogP contribution in [0.1, 0.15) is 6.92 Å². The predicted molar refractivity (Wildman–Crippen MR) is 37.8 cm³/mol. The molecule has 0 aliphatic carbocycles. The number of hydrogen-bond donors (Lipinski definition) is 2. The van der Waals surface area contributed by atoms with Gasteiger partial charge in [-0.25, -0.2) is 5.53 Å². The van der Waals surface area contributed by atoms with E-state index in [-0.39, 0.29) is 5.91 Å². The predicted octanol–water partition coefficient (Wildman–Crippen LogP) is 0.710. The summed E-state index contributed by atoms with van der Waals surface area (Å²) in [6.07, 6.45) is 0. The third kappa shape index (κ3) is 3.77. The van der Waals surface area contributed by atoms with Gasteiger partial charge in [-0.2, -0.15) is 5.11 Å². The zero-order valence-corrected chi connectivity index (χ0v) is 5.98. The average Bonchev–Trinajstić information content (AvgIpc) is 1.88. The lowest BCUT2D eigenvalue weighted by atomic mass is 10.3. The Labute approximate surface area is 59.8 Å². The Kier molecular flexibility index (Phi) is 4.11. The molecule has 0 fully saturated rings. The number of nitrogens with one attached hydrogen (secondary N) is 2. The van der Waals surface area contributed by atoms with Crippen molar-refractivity contribution in [1.29, 1.82) is 5.53 Å². The number of carbonyl (C=O) groups is 1. The van der Waals surface area contributed by atoms with E-state index in [9.17, 15) is 4.79 Å². The fraction of sp³-hybridized carbons (Fsp3) is 0.500. The van der Waals surface area contributed by atoms with Crippen LogP contribution in [-0.4, -0.2) is 19.0 Å². The Morgan fingerprint density at radius 2 is 2.40 bits per heavy atom. The molecule has 0 aliphatic heterocycles. The van der Waals surface area contributed by atoms with Gasteiger partial charge >= 0.3 is 0 Å². The maximum absolute atomic E-state index is 10.7. The van der Waals surface area contributed by atoms with E-state index < -0.39 is 0 Å². The third-order valence-electron chi connectivity index (χ3n) is 0.897. The van der Waals surface area contributed by atoms with E-state index in [1.165, 1.54) is 0 Å². The zero-order chi connectivity index (χ0) is 7.98. The van der Waals surface area contributed by atoms with Crippen LogP contribution >= 0.6 is 0 Å². The van der Waals surface area contributed by atoms with Gasteiger partial charge in [0.25, 0.3) is 0 Å². The van der Waals surface area contributed by atoms with Crippen LogP contribution < -0.4 is 5.32 Å². The van der Waals surface area contributed by atoms with E-state index >= 15 is 0 Å². The largest absolute Gasteiger partial charge is 0.350 e. The molecule has 0 atom stereocenters. The molecule has 0 bridgehead atoms. The van der Waals surface area contributed by atoms with Crippen LogP contribution in [0.25, 0.3) is 0 Å². The highest BCUT2D eigenvalue weighted by atomic mass is 16.1. The van der Waals surface area contributed by atoms with Gasteiger partial charge < -0.3 is 5.32 Å². The highest BCUT2D eigenvalue weighted by Crippen LogP contribution is 1.83. The average molecular weight is 141 g/mol. The SMILES string of the molecule is C=C(C)C(=O)NCCN=N. The van der Waals surface area contributed by atoms with E-state index in [0.717, 1.165) is 0 Å². The highest BCUT2D eigenvalue weighted by Gasteiger charge is 1.97. The van der Waals surface area contributed by atoms with Gasteiger partial charge in [-0.3, -0.25) is 4.79 Å². The van der Waals surface area contributed by atoms with E-state index in [4.69, 9.17) is 5.53 Å². The fourth-order valence-corrected chi connectivity index (χ4v) is 0.376. The van der Waals surface area contributed by atoms with Crippen LogP contribution in [0.5, 0.6) is 0 Å². The molecule has 0 rings (SSSR count). The normalized spacial score (nSPS) is 8.50. The molecule has 4 heteroatoms. The van der Waals surface area contributed by atoms with Gasteiger partial charge in [0.05, 0.1) is 6.54 Å². The number of nitrogens with zero attached hydrogens (tertiary/aromatic N) is 1. The third-order valence-corrected chi connectivity index (χ3v) is 0.897. The smallest absolute Gasteiger partial charge is 0.246 e. The highest BCUT2D eigenvalue weighted by molar-refractivity contribution is 5.92. The molecule has 1 amide bonds. The molecule has 2 N–H and O–H groups in total. The lowest BCUT2D eigenvalue weighted by Crippen LogP contribution is -2.26. The molecule has 0 spiro atoms. The maximum atomic E-state index is 10.7. The van der Waals surface area contributed by atoms with Crippen molar-refractivity contribution in [3.63, 3.8) is 0 Å². The van der Waals surface area contributed by atoms with Gasteiger partial charge in [0, 0.05) is 12.1 Å². The summed E-state index contributed by atoms with van der Waals surface area (Å²) in [5.74, 6) is -0.177. The molecular formula is C6H11N3O. The first-order valence-electron chi connectivity index (χ1n) is 2.95. The van der Waals surface area contributed by atoms with Gasteiger partial charge in [0.2, 0.25) is 5.91 Å². The summed E-state index contributed by atoms with van der Waals surface area (Å²) in [5.41, 5.74) is 6.88. The summed E-state index contributed by atoms with van der Waals surface area (Å²) >= 11 is 0. The van der Waals surface area contributed by atoms with Crippen LogP contribution in [0.3, 0.4) is 0 Å². The second kappa shape index (κ2) is 4.67. The first-order chi connectivity index (χ1) is 4.68. The molecule has 0 aromatic heterocycles. The number of hydrogen-bond acceptors (Lipinski definition) is 3. The van der Waals surface area contributed by atoms with Crippen molar-refractivity contribution in [2.24, 2.45) is 5.11 Å². The van der Waals surface area contributed by atoms with Crippen LogP contribution in [0, 0.1) is 5.53 Å². The van der Waals surface area contributed by atoms with E-state index in [2.05, 4.69) is 17.0 Å². The van der Waals surface area contributed by atoms with Crippen LogP contribution in [-0.2, 0) is 4.79 Å². The van der Waals surface area contributed by atoms with Crippen LogP contribution in [0.2, 0.25) is 0 Å². The lowest BCUT2D eigenvalue weighted by Gasteiger charge is -1.99.